The molecule has 0 atom stereocenters. The molecule has 0 unspecified atom stereocenters. The fraction of sp³-hybridized carbons (Fsp3) is 0.0625. The van der Waals surface area contributed by atoms with E-state index in [2.05, 4.69) is 23.2 Å². The van der Waals surface area contributed by atoms with Crippen LogP contribution in [0, 0.1) is 6.92 Å². The molecule has 2 nitrogen and oxygen atoms in total. The van der Waals surface area contributed by atoms with E-state index in [1.807, 2.05) is 43.6 Å². The number of hydrogen-bond acceptors (Lipinski definition) is 2. The zero-order chi connectivity index (χ0) is 12.5. The van der Waals surface area contributed by atoms with E-state index in [1.165, 1.54) is 5.39 Å². The van der Waals surface area contributed by atoms with Gasteiger partial charge in [-0.3, -0.25) is 4.98 Å². The van der Waals surface area contributed by atoms with Crippen molar-refractivity contribution in [2.24, 2.45) is 0 Å². The number of anilines is 1. The molecule has 0 aliphatic carbocycles. The van der Waals surface area contributed by atoms with Gasteiger partial charge in [-0.05, 0) is 29.5 Å². The zero-order valence-corrected chi connectivity index (χ0v) is 10.2. The summed E-state index contributed by atoms with van der Waals surface area (Å²) >= 11 is 0. The fourth-order valence-corrected chi connectivity index (χ4v) is 2.28. The first-order valence-corrected chi connectivity index (χ1v) is 5.95. The van der Waals surface area contributed by atoms with Crippen LogP contribution in [-0.4, -0.2) is 4.98 Å². The summed E-state index contributed by atoms with van der Waals surface area (Å²) in [5, 5.41) is 2.36. The molecule has 0 spiro atoms. The summed E-state index contributed by atoms with van der Waals surface area (Å²) in [6.07, 6.45) is 3.80. The molecule has 2 heteroatoms. The number of nitrogen functional groups attached to an aromatic ring is 1. The molecule has 3 aromatic rings. The Hall–Kier alpha value is -2.35. The molecule has 0 saturated carbocycles. The molecule has 2 aromatic carbocycles. The van der Waals surface area contributed by atoms with Crippen molar-refractivity contribution < 1.29 is 0 Å². The fourth-order valence-electron chi connectivity index (χ4n) is 2.28. The summed E-state index contributed by atoms with van der Waals surface area (Å²) in [4.78, 5) is 4.32. The Bertz CT molecular complexity index is 712. The first-order chi connectivity index (χ1) is 8.77. The molecule has 3 rings (SSSR count). The Balaban J connectivity index is 2.35. The number of nitrogens with zero attached hydrogens (tertiary/aromatic N) is 1. The number of fused-ring (bicyclic) bond motifs is 1. The van der Waals surface area contributed by atoms with Gasteiger partial charge in [0.25, 0.3) is 0 Å². The molecule has 18 heavy (non-hydrogen) atoms. The minimum atomic E-state index is 0.820. The van der Waals surface area contributed by atoms with Crippen molar-refractivity contribution in [1.82, 2.24) is 4.98 Å². The summed E-state index contributed by atoms with van der Waals surface area (Å²) in [5.74, 6) is 0. The van der Waals surface area contributed by atoms with E-state index >= 15 is 0 Å². The highest BCUT2D eigenvalue weighted by atomic mass is 14.6. The summed E-state index contributed by atoms with van der Waals surface area (Å²) in [6.45, 7) is 2.05. The standard InChI is InChI=1S/C16H14N2/c1-11-13(7-4-8-16(11)17)15-10-18-9-12-5-2-3-6-14(12)15/h2-10H,17H2,1H3. The lowest BCUT2D eigenvalue weighted by Gasteiger charge is -2.10. The number of pyridine rings is 1. The van der Waals surface area contributed by atoms with E-state index < -0.39 is 0 Å². The van der Waals surface area contributed by atoms with E-state index in [-0.39, 0.29) is 0 Å². The second-order valence-corrected chi connectivity index (χ2v) is 4.43. The summed E-state index contributed by atoms with van der Waals surface area (Å²) in [6, 6.07) is 14.3. The maximum Gasteiger partial charge on any atom is 0.0352 e. The lowest BCUT2D eigenvalue weighted by molar-refractivity contribution is 1.35. The van der Waals surface area contributed by atoms with Crippen LogP contribution >= 0.6 is 0 Å². The van der Waals surface area contributed by atoms with Gasteiger partial charge in [-0.25, -0.2) is 0 Å². The summed E-state index contributed by atoms with van der Waals surface area (Å²) in [7, 11) is 0. The van der Waals surface area contributed by atoms with Gasteiger partial charge in [-0.15, -0.1) is 0 Å². The minimum Gasteiger partial charge on any atom is -0.398 e. The van der Waals surface area contributed by atoms with Crippen LogP contribution in [0.25, 0.3) is 21.9 Å². The molecule has 1 aromatic heterocycles. The Morgan fingerprint density at radius 3 is 2.61 bits per heavy atom. The molecule has 2 N–H and O–H groups in total. The maximum atomic E-state index is 5.98. The molecular weight excluding hydrogens is 220 g/mol. The molecular formula is C16H14N2. The van der Waals surface area contributed by atoms with Crippen LogP contribution in [0.2, 0.25) is 0 Å². The van der Waals surface area contributed by atoms with Crippen molar-refractivity contribution >= 4 is 16.5 Å². The third-order valence-electron chi connectivity index (χ3n) is 3.33. The molecule has 0 aliphatic rings. The highest BCUT2D eigenvalue weighted by Crippen LogP contribution is 2.31. The van der Waals surface area contributed by atoms with Crippen LogP contribution in [0.4, 0.5) is 5.69 Å². The van der Waals surface area contributed by atoms with Crippen LogP contribution in [0.15, 0.2) is 54.9 Å². The largest absolute Gasteiger partial charge is 0.398 e. The molecule has 0 amide bonds. The quantitative estimate of drug-likeness (QED) is 0.650. The highest BCUT2D eigenvalue weighted by Gasteiger charge is 2.07. The van der Waals surface area contributed by atoms with Gasteiger partial charge in [-0.2, -0.15) is 0 Å². The number of benzene rings is 2. The van der Waals surface area contributed by atoms with Crippen molar-refractivity contribution in [3.05, 3.63) is 60.4 Å². The van der Waals surface area contributed by atoms with Crippen LogP contribution < -0.4 is 5.73 Å². The topological polar surface area (TPSA) is 38.9 Å². The van der Waals surface area contributed by atoms with Crippen molar-refractivity contribution in [1.29, 1.82) is 0 Å². The average Bonchev–Trinajstić information content (AvgIpc) is 2.41. The molecule has 1 heterocycles. The average molecular weight is 234 g/mol. The zero-order valence-electron chi connectivity index (χ0n) is 10.2. The third-order valence-corrected chi connectivity index (χ3v) is 3.33. The van der Waals surface area contributed by atoms with Gasteiger partial charge in [0.1, 0.15) is 0 Å². The van der Waals surface area contributed by atoms with Crippen molar-refractivity contribution in [3.8, 4) is 11.1 Å². The van der Waals surface area contributed by atoms with E-state index in [0.29, 0.717) is 0 Å². The van der Waals surface area contributed by atoms with E-state index in [9.17, 15) is 0 Å². The van der Waals surface area contributed by atoms with E-state index in [4.69, 9.17) is 5.73 Å². The summed E-state index contributed by atoms with van der Waals surface area (Å²) in [5.41, 5.74) is 10.2. The van der Waals surface area contributed by atoms with E-state index in [0.717, 1.165) is 27.8 Å². The third kappa shape index (κ3) is 1.63. The van der Waals surface area contributed by atoms with Crippen LogP contribution in [0.3, 0.4) is 0 Å². The lowest BCUT2D eigenvalue weighted by Crippen LogP contribution is -1.93. The number of aromatic nitrogens is 1. The molecule has 0 fully saturated rings. The first kappa shape index (κ1) is 10.8. The predicted molar refractivity (Wildman–Crippen MR) is 76.3 cm³/mol. The van der Waals surface area contributed by atoms with Crippen LogP contribution in [-0.2, 0) is 0 Å². The second kappa shape index (κ2) is 4.15. The summed E-state index contributed by atoms with van der Waals surface area (Å²) < 4.78 is 0. The van der Waals surface area contributed by atoms with Gasteiger partial charge in [0.15, 0.2) is 0 Å². The molecule has 0 saturated heterocycles. The second-order valence-electron chi connectivity index (χ2n) is 4.43. The van der Waals surface area contributed by atoms with E-state index in [1.54, 1.807) is 0 Å². The molecule has 0 radical (unpaired) electrons. The Labute approximate surface area is 106 Å². The van der Waals surface area contributed by atoms with Gasteiger partial charge in [0.05, 0.1) is 0 Å². The number of hydrogen-bond donors (Lipinski definition) is 1. The van der Waals surface area contributed by atoms with Gasteiger partial charge in [-0.1, -0.05) is 36.4 Å². The smallest absolute Gasteiger partial charge is 0.0352 e. The van der Waals surface area contributed by atoms with Gasteiger partial charge in [0, 0.05) is 29.0 Å². The van der Waals surface area contributed by atoms with Gasteiger partial charge < -0.3 is 5.73 Å². The number of nitrogens with two attached hydrogens (primary N) is 1. The molecule has 0 bridgehead atoms. The maximum absolute atomic E-state index is 5.98. The lowest BCUT2D eigenvalue weighted by atomic mass is 9.96. The minimum absolute atomic E-state index is 0.820. The normalized spacial score (nSPS) is 10.7. The SMILES string of the molecule is Cc1c(N)cccc1-c1cncc2ccccc12. The van der Waals surface area contributed by atoms with Crippen molar-refractivity contribution in [2.45, 2.75) is 6.92 Å². The van der Waals surface area contributed by atoms with Crippen LogP contribution in [0.5, 0.6) is 0 Å². The molecule has 88 valence electrons. The van der Waals surface area contributed by atoms with Crippen molar-refractivity contribution in [3.63, 3.8) is 0 Å². The van der Waals surface area contributed by atoms with Crippen molar-refractivity contribution in [2.75, 3.05) is 5.73 Å². The molecule has 0 aliphatic heterocycles. The van der Waals surface area contributed by atoms with Crippen LogP contribution in [0.1, 0.15) is 5.56 Å². The Morgan fingerprint density at radius 2 is 1.72 bits per heavy atom. The monoisotopic (exact) mass is 234 g/mol. The highest BCUT2D eigenvalue weighted by molar-refractivity contribution is 5.97. The Morgan fingerprint density at radius 1 is 0.889 bits per heavy atom. The van der Waals surface area contributed by atoms with Gasteiger partial charge >= 0.3 is 0 Å². The predicted octanol–water partition coefficient (Wildman–Crippen LogP) is 3.79. The number of rotatable bonds is 1. The first-order valence-electron chi connectivity index (χ1n) is 5.95. The van der Waals surface area contributed by atoms with Gasteiger partial charge in [0.2, 0.25) is 0 Å². The Kier molecular flexibility index (Phi) is 2.49.